The van der Waals surface area contributed by atoms with Crippen LogP contribution in [0.5, 0.6) is 0 Å². The van der Waals surface area contributed by atoms with Crippen LogP contribution in [-0.2, 0) is 9.53 Å². The molecule has 1 aliphatic carbocycles. The fourth-order valence-corrected chi connectivity index (χ4v) is 4.33. The molecule has 0 spiro atoms. The molecule has 0 aromatic heterocycles. The van der Waals surface area contributed by atoms with Crippen LogP contribution in [0, 0.1) is 5.92 Å². The molecule has 1 aliphatic heterocycles. The quantitative estimate of drug-likeness (QED) is 0.846. The largest absolute Gasteiger partial charge is 0.365 e. The van der Waals surface area contributed by atoms with E-state index in [0.717, 1.165) is 19.3 Å². The molecule has 3 rings (SSSR count). The van der Waals surface area contributed by atoms with Crippen molar-refractivity contribution in [2.24, 2.45) is 11.7 Å². The lowest BCUT2D eigenvalue weighted by Crippen LogP contribution is -2.42. The van der Waals surface area contributed by atoms with Gasteiger partial charge in [-0.1, -0.05) is 57.0 Å². The molecule has 1 aromatic carbocycles. The Bertz CT molecular complexity index is 568. The Hall–Kier alpha value is -1.10. The number of hydrogen-bond acceptors (Lipinski definition) is 3. The second kappa shape index (κ2) is 9.72. The second-order valence-electron chi connectivity index (χ2n) is 7.85. The highest BCUT2D eigenvalue weighted by atomic mass is 35.5. The first-order valence-corrected chi connectivity index (χ1v) is 9.83. The van der Waals surface area contributed by atoms with E-state index in [2.05, 4.69) is 19.1 Å². The molecule has 4 nitrogen and oxygen atoms in total. The summed E-state index contributed by atoms with van der Waals surface area (Å²) in [5.74, 6) is 1.04. The normalized spacial score (nSPS) is 29.9. The van der Waals surface area contributed by atoms with Gasteiger partial charge in [-0.05, 0) is 30.7 Å². The Labute approximate surface area is 163 Å². The predicted octanol–water partition coefficient (Wildman–Crippen LogP) is 3.74. The minimum atomic E-state index is -0.322. The zero-order chi connectivity index (χ0) is 17.8. The van der Waals surface area contributed by atoms with Crippen molar-refractivity contribution in [2.45, 2.75) is 70.1 Å². The van der Waals surface area contributed by atoms with E-state index >= 15 is 0 Å². The van der Waals surface area contributed by atoms with E-state index in [-0.39, 0.29) is 42.5 Å². The average molecular weight is 381 g/mol. The van der Waals surface area contributed by atoms with Gasteiger partial charge >= 0.3 is 0 Å². The second-order valence-corrected chi connectivity index (χ2v) is 7.85. The Morgan fingerprint density at radius 3 is 2.65 bits per heavy atom. The number of nitrogens with two attached hydrogens (primary N) is 1. The SMILES string of the molecule is CCC(OC1CCCC(C)C1)C(=O)N1C[C@@H](N)[C@H](c2ccccc2)C1.Cl. The molecule has 1 heterocycles. The van der Waals surface area contributed by atoms with Gasteiger partial charge in [0.05, 0.1) is 6.10 Å². The van der Waals surface area contributed by atoms with Gasteiger partial charge in [0.15, 0.2) is 0 Å². The Morgan fingerprint density at radius 1 is 1.27 bits per heavy atom. The van der Waals surface area contributed by atoms with Crippen LogP contribution in [-0.4, -0.2) is 42.1 Å². The molecule has 2 N–H and O–H groups in total. The molecular formula is C21H33ClN2O2. The predicted molar refractivity (Wildman–Crippen MR) is 108 cm³/mol. The van der Waals surface area contributed by atoms with Crippen molar-refractivity contribution in [3.8, 4) is 0 Å². The van der Waals surface area contributed by atoms with E-state index in [1.807, 2.05) is 30.0 Å². The first-order valence-electron chi connectivity index (χ1n) is 9.83. The zero-order valence-electron chi connectivity index (χ0n) is 16.0. The molecule has 1 aromatic rings. The van der Waals surface area contributed by atoms with E-state index in [1.165, 1.54) is 18.4 Å². The Morgan fingerprint density at radius 2 is 2.00 bits per heavy atom. The van der Waals surface area contributed by atoms with Gasteiger partial charge in [-0.2, -0.15) is 0 Å². The molecule has 5 atom stereocenters. The van der Waals surface area contributed by atoms with Gasteiger partial charge < -0.3 is 15.4 Å². The van der Waals surface area contributed by atoms with Crippen LogP contribution < -0.4 is 5.73 Å². The Balaban J connectivity index is 0.00000243. The van der Waals surface area contributed by atoms with Crippen LogP contribution in [0.4, 0.5) is 0 Å². The number of carbonyl (C=O) groups is 1. The summed E-state index contributed by atoms with van der Waals surface area (Å²) in [5.41, 5.74) is 7.57. The number of carbonyl (C=O) groups excluding carboxylic acids is 1. The van der Waals surface area contributed by atoms with E-state index in [1.54, 1.807) is 0 Å². The van der Waals surface area contributed by atoms with Gasteiger partial charge in [-0.25, -0.2) is 0 Å². The third kappa shape index (κ3) is 4.99. The molecule has 3 unspecified atom stereocenters. The van der Waals surface area contributed by atoms with Gasteiger partial charge in [-0.3, -0.25) is 4.79 Å². The van der Waals surface area contributed by atoms with Gasteiger partial charge in [0, 0.05) is 25.0 Å². The zero-order valence-corrected chi connectivity index (χ0v) is 16.8. The smallest absolute Gasteiger partial charge is 0.251 e. The fourth-order valence-electron chi connectivity index (χ4n) is 4.33. The number of benzene rings is 1. The summed E-state index contributed by atoms with van der Waals surface area (Å²) in [5, 5.41) is 0. The highest BCUT2D eigenvalue weighted by molar-refractivity contribution is 5.85. The minimum absolute atomic E-state index is 0. The lowest BCUT2D eigenvalue weighted by atomic mass is 9.88. The number of ether oxygens (including phenoxy) is 1. The summed E-state index contributed by atoms with van der Waals surface area (Å²) in [6.07, 6.45) is 5.29. The molecule has 1 saturated carbocycles. The van der Waals surface area contributed by atoms with E-state index in [9.17, 15) is 4.79 Å². The van der Waals surface area contributed by atoms with E-state index < -0.39 is 0 Å². The lowest BCUT2D eigenvalue weighted by Gasteiger charge is -2.31. The topological polar surface area (TPSA) is 55.6 Å². The summed E-state index contributed by atoms with van der Waals surface area (Å²) in [7, 11) is 0. The summed E-state index contributed by atoms with van der Waals surface area (Å²) in [4.78, 5) is 14.9. The summed E-state index contributed by atoms with van der Waals surface area (Å²) in [6, 6.07) is 10.3. The maximum absolute atomic E-state index is 13.0. The number of amides is 1. The van der Waals surface area contributed by atoms with Gasteiger partial charge in [0.2, 0.25) is 0 Å². The van der Waals surface area contributed by atoms with E-state index in [4.69, 9.17) is 10.5 Å². The molecule has 2 aliphatic rings. The van der Waals surface area contributed by atoms with Crippen LogP contribution in [0.1, 0.15) is 57.4 Å². The van der Waals surface area contributed by atoms with Crippen LogP contribution in [0.3, 0.4) is 0 Å². The van der Waals surface area contributed by atoms with Gasteiger partial charge in [-0.15, -0.1) is 12.4 Å². The first kappa shape index (κ1) is 21.2. The van der Waals surface area contributed by atoms with Crippen molar-refractivity contribution >= 4 is 18.3 Å². The van der Waals surface area contributed by atoms with Crippen molar-refractivity contribution in [3.05, 3.63) is 35.9 Å². The average Bonchev–Trinajstić information content (AvgIpc) is 3.02. The summed E-state index contributed by atoms with van der Waals surface area (Å²) in [6.45, 7) is 5.64. The van der Waals surface area contributed by atoms with Crippen molar-refractivity contribution in [3.63, 3.8) is 0 Å². The molecule has 5 heteroatoms. The van der Waals surface area contributed by atoms with Crippen LogP contribution in [0.2, 0.25) is 0 Å². The monoisotopic (exact) mass is 380 g/mol. The standard InChI is InChI=1S/C21H32N2O2.ClH/c1-3-20(25-17-11-7-8-15(2)12-17)21(24)23-13-18(19(22)14-23)16-9-5-4-6-10-16;/h4-6,9-10,15,17-20H,3,7-8,11-14,22H2,1-2H3;1H/t15?,17?,18-,19+,20?;/m0./s1. The Kier molecular flexibility index (Phi) is 7.93. The van der Waals surface area contributed by atoms with Crippen LogP contribution in [0.25, 0.3) is 0 Å². The molecule has 146 valence electrons. The number of nitrogens with zero attached hydrogens (tertiary/aromatic N) is 1. The van der Waals surface area contributed by atoms with Gasteiger partial charge in [0.1, 0.15) is 6.10 Å². The van der Waals surface area contributed by atoms with Crippen molar-refractivity contribution < 1.29 is 9.53 Å². The maximum Gasteiger partial charge on any atom is 0.251 e. The first-order chi connectivity index (χ1) is 12.1. The number of rotatable bonds is 5. The van der Waals surface area contributed by atoms with Crippen molar-refractivity contribution in [1.29, 1.82) is 0 Å². The van der Waals surface area contributed by atoms with E-state index in [0.29, 0.717) is 19.0 Å². The summed E-state index contributed by atoms with van der Waals surface area (Å²) < 4.78 is 6.23. The van der Waals surface area contributed by atoms with Crippen molar-refractivity contribution in [2.75, 3.05) is 13.1 Å². The molecule has 26 heavy (non-hydrogen) atoms. The fraction of sp³-hybridized carbons (Fsp3) is 0.667. The number of halogens is 1. The molecule has 2 fully saturated rings. The summed E-state index contributed by atoms with van der Waals surface area (Å²) >= 11 is 0. The molecule has 1 saturated heterocycles. The number of hydrogen-bond donors (Lipinski definition) is 1. The highest BCUT2D eigenvalue weighted by Crippen LogP contribution is 2.30. The number of likely N-dealkylation sites (tertiary alicyclic amines) is 1. The third-order valence-electron chi connectivity index (χ3n) is 5.80. The van der Waals surface area contributed by atoms with Crippen molar-refractivity contribution in [1.82, 2.24) is 4.90 Å². The van der Waals surface area contributed by atoms with Gasteiger partial charge in [0.25, 0.3) is 5.91 Å². The highest BCUT2D eigenvalue weighted by Gasteiger charge is 2.37. The molecular weight excluding hydrogens is 348 g/mol. The molecule has 1 amide bonds. The maximum atomic E-state index is 13.0. The molecule has 0 radical (unpaired) electrons. The molecule has 0 bridgehead atoms. The van der Waals surface area contributed by atoms with Crippen LogP contribution >= 0.6 is 12.4 Å². The van der Waals surface area contributed by atoms with Crippen LogP contribution in [0.15, 0.2) is 30.3 Å². The lowest BCUT2D eigenvalue weighted by molar-refractivity contribution is -0.148. The third-order valence-corrected chi connectivity index (χ3v) is 5.80. The minimum Gasteiger partial charge on any atom is -0.365 e.